The van der Waals surface area contributed by atoms with E-state index in [1.165, 1.54) is 0 Å². The Bertz CT molecular complexity index is 222. The molecule has 0 N–H and O–H groups in total. The second-order valence-corrected chi connectivity index (χ2v) is 2.87. The van der Waals surface area contributed by atoms with Crippen molar-refractivity contribution in [3.8, 4) is 5.75 Å². The quantitative estimate of drug-likeness (QED) is 0.458. The first-order valence-electron chi connectivity index (χ1n) is 2.58. The summed E-state index contributed by atoms with van der Waals surface area (Å²) >= 11 is 2.16. The number of nitrogens with zero attached hydrogens (tertiary/aromatic N) is 1. The summed E-state index contributed by atoms with van der Waals surface area (Å²) in [7, 11) is 0. The lowest BCUT2D eigenvalue weighted by Gasteiger charge is -1.92. The molecule has 0 aliphatic rings. The van der Waals surface area contributed by atoms with Gasteiger partial charge in [-0.15, -0.1) is 4.91 Å². The van der Waals surface area contributed by atoms with E-state index < -0.39 is 0 Å². The molecule has 0 saturated heterocycles. The van der Waals surface area contributed by atoms with E-state index in [4.69, 9.17) is 0 Å². The maximum absolute atomic E-state index is 9.59. The molecular formula is C6H4INO2. The van der Waals surface area contributed by atoms with E-state index in [1.807, 2.05) is 12.1 Å². The van der Waals surface area contributed by atoms with E-state index in [1.54, 1.807) is 12.1 Å². The van der Waals surface area contributed by atoms with E-state index in [0.29, 0.717) is 5.75 Å². The summed E-state index contributed by atoms with van der Waals surface area (Å²) in [5, 5.41) is 2.28. The summed E-state index contributed by atoms with van der Waals surface area (Å²) in [6.07, 6.45) is 0. The molecule has 0 amide bonds. The standard InChI is InChI=1S/C6H4INO2/c7-5-1-3-6(4-2-5)10-8-9/h1-4H. The van der Waals surface area contributed by atoms with Crippen molar-refractivity contribution >= 4 is 22.6 Å². The van der Waals surface area contributed by atoms with Crippen LogP contribution in [0.2, 0.25) is 0 Å². The molecule has 0 aromatic heterocycles. The summed E-state index contributed by atoms with van der Waals surface area (Å²) < 4.78 is 1.09. The number of hydrogen-bond acceptors (Lipinski definition) is 3. The Hall–Kier alpha value is -0.650. The van der Waals surface area contributed by atoms with Gasteiger partial charge in [0.1, 0.15) is 0 Å². The van der Waals surface area contributed by atoms with Gasteiger partial charge in [-0.25, -0.2) is 0 Å². The molecule has 0 heterocycles. The molecule has 3 nitrogen and oxygen atoms in total. The highest BCUT2D eigenvalue weighted by Gasteiger charge is 1.90. The van der Waals surface area contributed by atoms with Crippen LogP contribution in [-0.2, 0) is 0 Å². The lowest BCUT2D eigenvalue weighted by molar-refractivity contribution is 0.335. The van der Waals surface area contributed by atoms with Crippen LogP contribution in [0.5, 0.6) is 5.75 Å². The van der Waals surface area contributed by atoms with E-state index in [9.17, 15) is 4.91 Å². The maximum Gasteiger partial charge on any atom is 0.161 e. The predicted molar refractivity (Wildman–Crippen MR) is 45.6 cm³/mol. The number of halogens is 1. The minimum Gasteiger partial charge on any atom is -0.324 e. The van der Waals surface area contributed by atoms with Gasteiger partial charge in [0.25, 0.3) is 0 Å². The van der Waals surface area contributed by atoms with Crippen molar-refractivity contribution in [1.82, 2.24) is 0 Å². The Labute approximate surface area is 71.5 Å². The van der Waals surface area contributed by atoms with E-state index in [0.717, 1.165) is 3.57 Å². The molecule has 1 aromatic carbocycles. The van der Waals surface area contributed by atoms with Crippen LogP contribution in [0.4, 0.5) is 0 Å². The SMILES string of the molecule is O=NOc1ccc(I)cc1. The normalized spacial score (nSPS) is 8.90. The van der Waals surface area contributed by atoms with E-state index >= 15 is 0 Å². The van der Waals surface area contributed by atoms with Gasteiger partial charge in [0.15, 0.2) is 11.1 Å². The van der Waals surface area contributed by atoms with Crippen molar-refractivity contribution in [3.63, 3.8) is 0 Å². The van der Waals surface area contributed by atoms with Gasteiger partial charge in [-0.1, -0.05) is 0 Å². The fourth-order valence-corrected chi connectivity index (χ4v) is 0.898. The highest BCUT2D eigenvalue weighted by atomic mass is 127. The van der Waals surface area contributed by atoms with Crippen LogP contribution in [0, 0.1) is 8.48 Å². The molecule has 0 unspecified atom stereocenters. The van der Waals surface area contributed by atoms with Gasteiger partial charge in [-0.05, 0) is 46.9 Å². The zero-order chi connectivity index (χ0) is 7.40. The van der Waals surface area contributed by atoms with Gasteiger partial charge in [-0.3, -0.25) is 0 Å². The Morgan fingerprint density at radius 1 is 1.30 bits per heavy atom. The Kier molecular flexibility index (Phi) is 2.61. The summed E-state index contributed by atoms with van der Waals surface area (Å²) in [6.45, 7) is 0. The Balaban J connectivity index is 2.78. The molecular weight excluding hydrogens is 245 g/mol. The topological polar surface area (TPSA) is 38.7 Å². The minimum atomic E-state index is 0.468. The van der Waals surface area contributed by atoms with Crippen molar-refractivity contribution in [2.75, 3.05) is 0 Å². The van der Waals surface area contributed by atoms with Gasteiger partial charge in [0.2, 0.25) is 0 Å². The largest absolute Gasteiger partial charge is 0.324 e. The van der Waals surface area contributed by atoms with Crippen LogP contribution in [-0.4, -0.2) is 0 Å². The zero-order valence-corrected chi connectivity index (χ0v) is 7.11. The second kappa shape index (κ2) is 3.50. The third-order valence-corrected chi connectivity index (χ3v) is 1.68. The lowest BCUT2D eigenvalue weighted by Crippen LogP contribution is -1.79. The molecule has 0 aliphatic heterocycles. The summed E-state index contributed by atoms with van der Waals surface area (Å²) in [5.41, 5.74) is 0. The average molecular weight is 249 g/mol. The van der Waals surface area contributed by atoms with Gasteiger partial charge in [-0.2, -0.15) is 0 Å². The Morgan fingerprint density at radius 3 is 2.40 bits per heavy atom. The minimum absolute atomic E-state index is 0.468. The summed E-state index contributed by atoms with van der Waals surface area (Å²) in [6, 6.07) is 7.04. The van der Waals surface area contributed by atoms with Crippen LogP contribution >= 0.6 is 22.6 Å². The molecule has 0 spiro atoms. The molecule has 0 fully saturated rings. The second-order valence-electron chi connectivity index (χ2n) is 1.62. The van der Waals surface area contributed by atoms with Crippen LogP contribution in [0.3, 0.4) is 0 Å². The van der Waals surface area contributed by atoms with E-state index in [-0.39, 0.29) is 0 Å². The molecule has 1 aromatic rings. The van der Waals surface area contributed by atoms with Crippen molar-refractivity contribution in [1.29, 1.82) is 0 Å². The van der Waals surface area contributed by atoms with Gasteiger partial charge in [0.05, 0.1) is 0 Å². The van der Waals surface area contributed by atoms with Crippen LogP contribution in [0.1, 0.15) is 0 Å². The molecule has 0 saturated carbocycles. The first kappa shape index (κ1) is 7.46. The van der Waals surface area contributed by atoms with Crippen LogP contribution in [0.25, 0.3) is 0 Å². The van der Waals surface area contributed by atoms with Crippen molar-refractivity contribution in [3.05, 3.63) is 32.7 Å². The molecule has 52 valence electrons. The first-order valence-corrected chi connectivity index (χ1v) is 3.66. The lowest BCUT2D eigenvalue weighted by atomic mass is 10.3. The van der Waals surface area contributed by atoms with Crippen molar-refractivity contribution in [2.24, 2.45) is 5.34 Å². The molecule has 4 heteroatoms. The summed E-state index contributed by atoms with van der Waals surface area (Å²) in [5.74, 6) is 0.468. The monoisotopic (exact) mass is 249 g/mol. The average Bonchev–Trinajstić information content (AvgIpc) is 1.95. The summed E-state index contributed by atoms with van der Waals surface area (Å²) in [4.78, 5) is 13.9. The highest BCUT2D eigenvalue weighted by molar-refractivity contribution is 14.1. The third-order valence-electron chi connectivity index (χ3n) is 0.956. The fourth-order valence-electron chi connectivity index (χ4n) is 0.538. The fraction of sp³-hybridized carbons (Fsp3) is 0. The zero-order valence-electron chi connectivity index (χ0n) is 4.95. The molecule has 10 heavy (non-hydrogen) atoms. The smallest absolute Gasteiger partial charge is 0.161 e. The maximum atomic E-state index is 9.59. The van der Waals surface area contributed by atoms with Crippen molar-refractivity contribution < 1.29 is 4.84 Å². The molecule has 0 bridgehead atoms. The van der Waals surface area contributed by atoms with Gasteiger partial charge < -0.3 is 4.84 Å². The first-order chi connectivity index (χ1) is 4.83. The number of benzene rings is 1. The highest BCUT2D eigenvalue weighted by Crippen LogP contribution is 2.13. The van der Waals surface area contributed by atoms with Crippen LogP contribution in [0.15, 0.2) is 29.6 Å². The molecule has 0 atom stereocenters. The molecule has 0 aliphatic carbocycles. The number of rotatable bonds is 2. The predicted octanol–water partition coefficient (Wildman–Crippen LogP) is 2.35. The van der Waals surface area contributed by atoms with Gasteiger partial charge in [0, 0.05) is 3.57 Å². The third kappa shape index (κ3) is 1.94. The van der Waals surface area contributed by atoms with E-state index in [2.05, 4.69) is 32.8 Å². The van der Waals surface area contributed by atoms with Crippen molar-refractivity contribution in [2.45, 2.75) is 0 Å². The molecule has 0 radical (unpaired) electrons. The van der Waals surface area contributed by atoms with Gasteiger partial charge >= 0.3 is 0 Å². The Morgan fingerprint density at radius 2 is 1.90 bits per heavy atom. The number of hydrogen-bond donors (Lipinski definition) is 0. The molecule has 1 rings (SSSR count). The van der Waals surface area contributed by atoms with Crippen LogP contribution < -0.4 is 4.84 Å².